The molecule has 0 spiro atoms. The number of benzene rings is 2. The Morgan fingerprint density at radius 2 is 2.00 bits per heavy atom. The minimum Gasteiger partial charge on any atom is -0.350 e. The molecule has 0 radical (unpaired) electrons. The van der Waals surface area contributed by atoms with Gasteiger partial charge in [0.05, 0.1) is 6.21 Å². The summed E-state index contributed by atoms with van der Waals surface area (Å²) in [5.74, 6) is 0. The van der Waals surface area contributed by atoms with Crippen molar-refractivity contribution in [1.29, 1.82) is 0 Å². The van der Waals surface area contributed by atoms with E-state index >= 15 is 0 Å². The molecule has 0 saturated carbocycles. The maximum absolute atomic E-state index is 10.5. The lowest BCUT2D eigenvalue weighted by molar-refractivity contribution is 0.249. The molecule has 2 amide bonds. The highest BCUT2D eigenvalue weighted by atomic mass is 16.2. The number of hydrazone groups is 1. The van der Waals surface area contributed by atoms with Crippen LogP contribution in [0, 0.1) is 6.92 Å². The summed E-state index contributed by atoms with van der Waals surface area (Å²) in [4.78, 5) is 10.5. The molecule has 4 nitrogen and oxygen atoms in total. The van der Waals surface area contributed by atoms with Crippen LogP contribution in [0.15, 0.2) is 53.6 Å². The molecule has 0 saturated heterocycles. The fourth-order valence-electron chi connectivity index (χ4n) is 1.85. The second-order valence-corrected chi connectivity index (χ2v) is 4.17. The number of aryl methyl sites for hydroxylation is 1. The van der Waals surface area contributed by atoms with Crippen molar-refractivity contribution >= 4 is 12.2 Å². The molecule has 2 aromatic carbocycles. The summed E-state index contributed by atoms with van der Waals surface area (Å²) in [6.07, 6.45) is 1.56. The standard InChI is InChI=1S/C15H15N3O/c1-11-5-2-3-8-14(11)13-7-4-6-12(9-13)10-17-18-15(16)19/h2-10H,1H3,(H3,16,18,19). The Labute approximate surface area is 112 Å². The van der Waals surface area contributed by atoms with Crippen LogP contribution >= 0.6 is 0 Å². The van der Waals surface area contributed by atoms with Crippen LogP contribution in [0.3, 0.4) is 0 Å². The first-order chi connectivity index (χ1) is 9.16. The highest BCUT2D eigenvalue weighted by molar-refractivity contribution is 5.84. The van der Waals surface area contributed by atoms with Crippen molar-refractivity contribution in [3.05, 3.63) is 59.7 Å². The number of nitrogens with zero attached hydrogens (tertiary/aromatic N) is 1. The molecule has 4 heteroatoms. The Morgan fingerprint density at radius 3 is 2.74 bits per heavy atom. The summed E-state index contributed by atoms with van der Waals surface area (Å²) in [5, 5.41) is 3.75. The molecule has 0 bridgehead atoms. The predicted molar refractivity (Wildman–Crippen MR) is 76.9 cm³/mol. The number of nitrogens with one attached hydrogen (secondary N) is 1. The molecule has 0 unspecified atom stereocenters. The first-order valence-corrected chi connectivity index (χ1v) is 5.91. The number of hydrogen-bond donors (Lipinski definition) is 2. The molecular formula is C15H15N3O. The smallest absolute Gasteiger partial charge is 0.332 e. The Morgan fingerprint density at radius 1 is 1.21 bits per heavy atom. The average Bonchev–Trinajstić information content (AvgIpc) is 2.39. The summed E-state index contributed by atoms with van der Waals surface area (Å²) in [6, 6.07) is 15.4. The van der Waals surface area contributed by atoms with E-state index in [4.69, 9.17) is 5.73 Å². The number of urea groups is 1. The Balaban J connectivity index is 2.27. The predicted octanol–water partition coefficient (Wildman–Crippen LogP) is 2.66. The van der Waals surface area contributed by atoms with E-state index in [2.05, 4.69) is 29.6 Å². The molecule has 96 valence electrons. The van der Waals surface area contributed by atoms with E-state index in [0.717, 1.165) is 11.1 Å². The second kappa shape index (κ2) is 5.82. The van der Waals surface area contributed by atoms with Gasteiger partial charge in [-0.25, -0.2) is 10.2 Å². The summed E-state index contributed by atoms with van der Waals surface area (Å²) in [5.41, 5.74) is 11.5. The van der Waals surface area contributed by atoms with Crippen LogP contribution in [-0.4, -0.2) is 12.2 Å². The Bertz CT molecular complexity index is 620. The van der Waals surface area contributed by atoms with Crippen molar-refractivity contribution in [3.8, 4) is 11.1 Å². The molecule has 2 rings (SSSR count). The number of carbonyl (C=O) groups excluding carboxylic acids is 1. The lowest BCUT2D eigenvalue weighted by atomic mass is 9.99. The number of rotatable bonds is 3. The summed E-state index contributed by atoms with van der Waals surface area (Å²) in [6.45, 7) is 2.07. The zero-order valence-electron chi connectivity index (χ0n) is 10.6. The molecular weight excluding hydrogens is 238 g/mol. The molecule has 0 aromatic heterocycles. The van der Waals surface area contributed by atoms with Crippen molar-refractivity contribution in [2.75, 3.05) is 0 Å². The number of primary amides is 1. The van der Waals surface area contributed by atoms with Crippen LogP contribution in [0.5, 0.6) is 0 Å². The normalized spacial score (nSPS) is 10.6. The highest BCUT2D eigenvalue weighted by Crippen LogP contribution is 2.23. The third kappa shape index (κ3) is 3.42. The number of hydrogen-bond acceptors (Lipinski definition) is 2. The monoisotopic (exact) mass is 253 g/mol. The van der Waals surface area contributed by atoms with Gasteiger partial charge in [0, 0.05) is 0 Å². The van der Waals surface area contributed by atoms with Crippen molar-refractivity contribution in [2.24, 2.45) is 10.8 Å². The number of nitrogens with two attached hydrogens (primary N) is 1. The van der Waals surface area contributed by atoms with Gasteiger partial charge in [-0.15, -0.1) is 0 Å². The van der Waals surface area contributed by atoms with Crippen molar-refractivity contribution < 1.29 is 4.79 Å². The van der Waals surface area contributed by atoms with Gasteiger partial charge in [-0.05, 0) is 35.2 Å². The molecule has 0 aliphatic heterocycles. The third-order valence-electron chi connectivity index (χ3n) is 2.73. The van der Waals surface area contributed by atoms with Gasteiger partial charge >= 0.3 is 6.03 Å². The Kier molecular flexibility index (Phi) is 3.93. The van der Waals surface area contributed by atoms with E-state index in [1.165, 1.54) is 11.1 Å². The first-order valence-electron chi connectivity index (χ1n) is 5.91. The molecule has 0 atom stereocenters. The molecule has 0 heterocycles. The molecule has 3 N–H and O–H groups in total. The SMILES string of the molecule is Cc1ccccc1-c1cccc(C=NNC(N)=O)c1. The molecule has 0 aliphatic rings. The van der Waals surface area contributed by atoms with Gasteiger partial charge in [-0.3, -0.25) is 0 Å². The van der Waals surface area contributed by atoms with Gasteiger partial charge in [0.2, 0.25) is 0 Å². The van der Waals surface area contributed by atoms with Gasteiger partial charge in [0.1, 0.15) is 0 Å². The van der Waals surface area contributed by atoms with E-state index in [1.807, 2.05) is 36.4 Å². The minimum atomic E-state index is -0.675. The number of amides is 2. The van der Waals surface area contributed by atoms with Gasteiger partial charge in [0.15, 0.2) is 0 Å². The zero-order chi connectivity index (χ0) is 13.7. The molecule has 19 heavy (non-hydrogen) atoms. The maximum atomic E-state index is 10.5. The second-order valence-electron chi connectivity index (χ2n) is 4.17. The van der Waals surface area contributed by atoms with Gasteiger partial charge in [-0.2, -0.15) is 5.10 Å². The highest BCUT2D eigenvalue weighted by Gasteiger charge is 2.01. The van der Waals surface area contributed by atoms with Crippen molar-refractivity contribution in [2.45, 2.75) is 6.92 Å². The fourth-order valence-corrected chi connectivity index (χ4v) is 1.85. The summed E-state index contributed by atoms with van der Waals surface area (Å²) < 4.78 is 0. The van der Waals surface area contributed by atoms with Crippen LogP contribution in [-0.2, 0) is 0 Å². The summed E-state index contributed by atoms with van der Waals surface area (Å²) >= 11 is 0. The van der Waals surface area contributed by atoms with E-state index in [1.54, 1.807) is 6.21 Å². The first kappa shape index (κ1) is 12.8. The van der Waals surface area contributed by atoms with Crippen LogP contribution in [0.2, 0.25) is 0 Å². The minimum absolute atomic E-state index is 0.675. The molecule has 2 aromatic rings. The van der Waals surface area contributed by atoms with Gasteiger partial charge < -0.3 is 5.73 Å². The fraction of sp³-hybridized carbons (Fsp3) is 0.0667. The van der Waals surface area contributed by atoms with Crippen LogP contribution < -0.4 is 11.2 Å². The quantitative estimate of drug-likeness (QED) is 0.641. The molecule has 0 aliphatic carbocycles. The van der Waals surface area contributed by atoms with Crippen molar-refractivity contribution in [3.63, 3.8) is 0 Å². The van der Waals surface area contributed by atoms with Crippen LogP contribution in [0.25, 0.3) is 11.1 Å². The molecule has 0 fully saturated rings. The van der Waals surface area contributed by atoms with E-state index in [9.17, 15) is 4.79 Å². The largest absolute Gasteiger partial charge is 0.350 e. The van der Waals surface area contributed by atoms with E-state index in [0.29, 0.717) is 0 Å². The number of carbonyl (C=O) groups is 1. The topological polar surface area (TPSA) is 67.5 Å². The third-order valence-corrected chi connectivity index (χ3v) is 2.73. The van der Waals surface area contributed by atoms with Crippen LogP contribution in [0.4, 0.5) is 4.79 Å². The lowest BCUT2D eigenvalue weighted by Gasteiger charge is -2.06. The van der Waals surface area contributed by atoms with Crippen molar-refractivity contribution in [1.82, 2.24) is 5.43 Å². The van der Waals surface area contributed by atoms with Crippen LogP contribution in [0.1, 0.15) is 11.1 Å². The lowest BCUT2D eigenvalue weighted by Crippen LogP contribution is -2.24. The maximum Gasteiger partial charge on any atom is 0.332 e. The van der Waals surface area contributed by atoms with E-state index < -0.39 is 6.03 Å². The van der Waals surface area contributed by atoms with Gasteiger partial charge in [0.25, 0.3) is 0 Å². The van der Waals surface area contributed by atoms with Gasteiger partial charge in [-0.1, -0.05) is 42.5 Å². The Hall–Kier alpha value is -2.62. The summed E-state index contributed by atoms with van der Waals surface area (Å²) in [7, 11) is 0. The van der Waals surface area contributed by atoms with E-state index in [-0.39, 0.29) is 0 Å². The average molecular weight is 253 g/mol. The zero-order valence-corrected chi connectivity index (χ0v) is 10.6.